The molecular weight excluding hydrogens is 327 g/mol. The van der Waals surface area contributed by atoms with E-state index in [-0.39, 0.29) is 29.6 Å². The van der Waals surface area contributed by atoms with E-state index in [1.165, 1.54) is 12.1 Å². The molecule has 0 bridgehead atoms. The van der Waals surface area contributed by atoms with Gasteiger partial charge in [0.15, 0.2) is 0 Å². The number of amides is 1. The van der Waals surface area contributed by atoms with Crippen molar-refractivity contribution < 1.29 is 9.18 Å². The van der Waals surface area contributed by atoms with E-state index in [4.69, 9.17) is 11.6 Å². The van der Waals surface area contributed by atoms with Gasteiger partial charge in [-0.1, -0.05) is 35.9 Å². The number of carbonyl (C=O) groups excluding carboxylic acids is 1. The summed E-state index contributed by atoms with van der Waals surface area (Å²) in [6.45, 7) is 3.32. The lowest BCUT2D eigenvalue weighted by Gasteiger charge is -2.22. The summed E-state index contributed by atoms with van der Waals surface area (Å²) in [5.74, 6) is -0.270. The minimum absolute atomic E-state index is 0.0109. The number of halogens is 2. The van der Waals surface area contributed by atoms with E-state index in [9.17, 15) is 9.18 Å². The summed E-state index contributed by atoms with van der Waals surface area (Å²) in [5, 5.41) is 7.03. The van der Waals surface area contributed by atoms with E-state index in [1.807, 2.05) is 31.2 Å². The van der Waals surface area contributed by atoms with Gasteiger partial charge < -0.3 is 10.6 Å². The molecule has 24 heavy (non-hydrogen) atoms. The predicted molar refractivity (Wildman–Crippen MR) is 93.5 cm³/mol. The average Bonchev–Trinajstić information content (AvgIpc) is 3.06. The summed E-state index contributed by atoms with van der Waals surface area (Å²) in [4.78, 5) is 12.7. The van der Waals surface area contributed by atoms with Crippen LogP contribution in [0.5, 0.6) is 0 Å². The van der Waals surface area contributed by atoms with Crippen LogP contribution in [0.4, 0.5) is 4.39 Å². The standard InChI is InChI=1S/C19H20ClFN2O/c1-12(13-4-8-16(21)9-5-13)23-19(24)18-11-22-10-17(18)14-2-6-15(20)7-3-14/h2-9,12,17-18,22H,10-11H2,1H3,(H,23,24)/t12-,17-,18+/m0/s1. The molecule has 126 valence electrons. The Labute approximate surface area is 146 Å². The molecule has 3 atom stereocenters. The summed E-state index contributed by atoms with van der Waals surface area (Å²) in [6.07, 6.45) is 0. The summed E-state index contributed by atoms with van der Waals surface area (Å²) < 4.78 is 13.0. The molecule has 0 aliphatic carbocycles. The van der Waals surface area contributed by atoms with Gasteiger partial charge in [0.2, 0.25) is 5.91 Å². The van der Waals surface area contributed by atoms with Crippen LogP contribution in [-0.2, 0) is 4.79 Å². The van der Waals surface area contributed by atoms with Gasteiger partial charge in [-0.25, -0.2) is 4.39 Å². The van der Waals surface area contributed by atoms with Gasteiger partial charge in [-0.3, -0.25) is 4.79 Å². The summed E-state index contributed by atoms with van der Waals surface area (Å²) in [6, 6.07) is 13.7. The SMILES string of the molecule is C[C@H](NC(=O)[C@@H]1CNC[C@H]1c1ccc(Cl)cc1)c1ccc(F)cc1. The highest BCUT2D eigenvalue weighted by molar-refractivity contribution is 6.30. The Hall–Kier alpha value is -1.91. The molecule has 0 aromatic heterocycles. The number of carbonyl (C=O) groups is 1. The highest BCUT2D eigenvalue weighted by atomic mass is 35.5. The molecule has 0 spiro atoms. The Morgan fingerprint density at radius 2 is 1.83 bits per heavy atom. The van der Waals surface area contributed by atoms with Crippen molar-refractivity contribution in [1.82, 2.24) is 10.6 Å². The van der Waals surface area contributed by atoms with E-state index in [2.05, 4.69) is 10.6 Å². The first-order chi connectivity index (χ1) is 11.5. The van der Waals surface area contributed by atoms with Crippen molar-refractivity contribution in [2.24, 2.45) is 5.92 Å². The summed E-state index contributed by atoms with van der Waals surface area (Å²) in [7, 11) is 0. The van der Waals surface area contributed by atoms with Crippen molar-refractivity contribution in [2.45, 2.75) is 18.9 Å². The maximum Gasteiger partial charge on any atom is 0.225 e. The number of nitrogens with one attached hydrogen (secondary N) is 2. The van der Waals surface area contributed by atoms with Gasteiger partial charge in [0, 0.05) is 24.0 Å². The molecule has 0 unspecified atom stereocenters. The molecule has 2 aromatic carbocycles. The molecule has 3 nitrogen and oxygen atoms in total. The van der Waals surface area contributed by atoms with Gasteiger partial charge >= 0.3 is 0 Å². The van der Waals surface area contributed by atoms with E-state index in [0.717, 1.165) is 17.7 Å². The van der Waals surface area contributed by atoms with Gasteiger partial charge in [0.25, 0.3) is 0 Å². The van der Waals surface area contributed by atoms with Crippen LogP contribution in [0.2, 0.25) is 5.02 Å². The third kappa shape index (κ3) is 3.77. The van der Waals surface area contributed by atoms with Crippen LogP contribution in [0.1, 0.15) is 30.0 Å². The Kier molecular flexibility index (Phi) is 5.17. The zero-order valence-corrected chi connectivity index (χ0v) is 14.2. The van der Waals surface area contributed by atoms with Crippen LogP contribution in [0.15, 0.2) is 48.5 Å². The van der Waals surface area contributed by atoms with Gasteiger partial charge in [0.1, 0.15) is 5.82 Å². The summed E-state index contributed by atoms with van der Waals surface area (Å²) in [5.41, 5.74) is 2.00. The maximum absolute atomic E-state index is 13.0. The zero-order valence-electron chi connectivity index (χ0n) is 13.4. The third-order valence-corrected chi connectivity index (χ3v) is 4.83. The smallest absolute Gasteiger partial charge is 0.225 e. The Bertz CT molecular complexity index is 702. The van der Waals surface area contributed by atoms with Crippen molar-refractivity contribution in [1.29, 1.82) is 0 Å². The van der Waals surface area contributed by atoms with Crippen LogP contribution < -0.4 is 10.6 Å². The normalized spacial score (nSPS) is 21.5. The Balaban J connectivity index is 1.69. The van der Waals surface area contributed by atoms with Crippen molar-refractivity contribution in [3.63, 3.8) is 0 Å². The number of rotatable bonds is 4. The number of benzene rings is 2. The average molecular weight is 347 g/mol. The quantitative estimate of drug-likeness (QED) is 0.887. The topological polar surface area (TPSA) is 41.1 Å². The molecule has 2 N–H and O–H groups in total. The van der Waals surface area contributed by atoms with E-state index in [0.29, 0.717) is 11.6 Å². The maximum atomic E-state index is 13.0. The molecular formula is C19H20ClFN2O. The van der Waals surface area contributed by atoms with Crippen molar-refractivity contribution in [3.8, 4) is 0 Å². The molecule has 1 heterocycles. The van der Waals surface area contributed by atoms with E-state index >= 15 is 0 Å². The van der Waals surface area contributed by atoms with Gasteiger partial charge in [-0.2, -0.15) is 0 Å². The van der Waals surface area contributed by atoms with Crippen molar-refractivity contribution in [2.75, 3.05) is 13.1 Å². The first-order valence-electron chi connectivity index (χ1n) is 8.06. The van der Waals surface area contributed by atoms with Crippen LogP contribution >= 0.6 is 11.6 Å². The Morgan fingerprint density at radius 1 is 1.17 bits per heavy atom. The van der Waals surface area contributed by atoms with Crippen LogP contribution in [0, 0.1) is 11.7 Å². The largest absolute Gasteiger partial charge is 0.349 e. The molecule has 1 fully saturated rings. The molecule has 2 aromatic rings. The lowest BCUT2D eigenvalue weighted by atomic mass is 9.88. The minimum atomic E-state index is -0.278. The van der Waals surface area contributed by atoms with Crippen LogP contribution in [0.25, 0.3) is 0 Å². The van der Waals surface area contributed by atoms with Crippen LogP contribution in [-0.4, -0.2) is 19.0 Å². The second kappa shape index (κ2) is 7.32. The fourth-order valence-corrected chi connectivity index (χ4v) is 3.30. The Morgan fingerprint density at radius 3 is 2.50 bits per heavy atom. The van der Waals surface area contributed by atoms with E-state index < -0.39 is 0 Å². The molecule has 5 heteroatoms. The highest BCUT2D eigenvalue weighted by Crippen LogP contribution is 2.29. The molecule has 1 amide bonds. The molecule has 0 radical (unpaired) electrons. The number of hydrogen-bond acceptors (Lipinski definition) is 2. The second-order valence-electron chi connectivity index (χ2n) is 6.20. The molecule has 1 aliphatic rings. The molecule has 1 aliphatic heterocycles. The molecule has 1 saturated heterocycles. The van der Waals surface area contributed by atoms with Gasteiger partial charge in [0.05, 0.1) is 12.0 Å². The lowest BCUT2D eigenvalue weighted by Crippen LogP contribution is -2.36. The first-order valence-corrected chi connectivity index (χ1v) is 8.44. The fourth-order valence-electron chi connectivity index (χ4n) is 3.17. The van der Waals surface area contributed by atoms with Gasteiger partial charge in [-0.05, 0) is 42.3 Å². The number of hydrogen-bond donors (Lipinski definition) is 2. The predicted octanol–water partition coefficient (Wildman–Crippen LogP) is 3.66. The van der Waals surface area contributed by atoms with Crippen molar-refractivity contribution >= 4 is 17.5 Å². The van der Waals surface area contributed by atoms with E-state index in [1.54, 1.807) is 12.1 Å². The zero-order chi connectivity index (χ0) is 17.1. The fraction of sp³-hybridized carbons (Fsp3) is 0.316. The second-order valence-corrected chi connectivity index (χ2v) is 6.64. The first kappa shape index (κ1) is 16.9. The molecule has 0 saturated carbocycles. The summed E-state index contributed by atoms with van der Waals surface area (Å²) >= 11 is 5.94. The third-order valence-electron chi connectivity index (χ3n) is 4.58. The monoisotopic (exact) mass is 346 g/mol. The molecule has 3 rings (SSSR count). The van der Waals surface area contributed by atoms with Gasteiger partial charge in [-0.15, -0.1) is 0 Å². The highest BCUT2D eigenvalue weighted by Gasteiger charge is 2.34. The lowest BCUT2D eigenvalue weighted by molar-refractivity contribution is -0.125. The minimum Gasteiger partial charge on any atom is -0.349 e. The van der Waals surface area contributed by atoms with Crippen molar-refractivity contribution in [3.05, 3.63) is 70.5 Å². The van der Waals surface area contributed by atoms with Crippen LogP contribution in [0.3, 0.4) is 0 Å².